The molecule has 0 amide bonds. The van der Waals surface area contributed by atoms with Crippen molar-refractivity contribution in [3.05, 3.63) is 5.01 Å². The van der Waals surface area contributed by atoms with Gasteiger partial charge in [-0.3, -0.25) is 0 Å². The molecule has 0 radical (unpaired) electrons. The van der Waals surface area contributed by atoms with Gasteiger partial charge in [-0.2, -0.15) is 0 Å². The predicted octanol–water partition coefficient (Wildman–Crippen LogP) is 1.23. The van der Waals surface area contributed by atoms with Crippen LogP contribution in [0.2, 0.25) is 0 Å². The zero-order chi connectivity index (χ0) is 9.97. The summed E-state index contributed by atoms with van der Waals surface area (Å²) in [7, 11) is 0. The van der Waals surface area contributed by atoms with Crippen LogP contribution < -0.4 is 10.6 Å². The number of anilines is 1. The predicted molar refractivity (Wildman–Crippen MR) is 58.4 cm³/mol. The first-order valence-electron chi connectivity index (χ1n) is 5.07. The van der Waals surface area contributed by atoms with Gasteiger partial charge in [-0.1, -0.05) is 18.3 Å². The number of nitrogens with two attached hydrogens (primary N) is 1. The van der Waals surface area contributed by atoms with E-state index in [9.17, 15) is 0 Å². The number of nitrogens with zero attached hydrogens (tertiary/aromatic N) is 3. The molecule has 1 fully saturated rings. The first kappa shape index (κ1) is 9.86. The topological polar surface area (TPSA) is 55.0 Å². The Labute approximate surface area is 88.1 Å². The lowest BCUT2D eigenvalue weighted by molar-refractivity contribution is 0.437. The van der Waals surface area contributed by atoms with E-state index < -0.39 is 0 Å². The van der Waals surface area contributed by atoms with Gasteiger partial charge in [0.15, 0.2) is 0 Å². The average molecular weight is 212 g/mol. The van der Waals surface area contributed by atoms with Gasteiger partial charge in [0.05, 0.1) is 0 Å². The van der Waals surface area contributed by atoms with Crippen LogP contribution in [0, 0.1) is 5.92 Å². The third kappa shape index (κ3) is 2.04. The van der Waals surface area contributed by atoms with Crippen LogP contribution in [-0.2, 0) is 6.54 Å². The highest BCUT2D eigenvalue weighted by Crippen LogP contribution is 2.25. The van der Waals surface area contributed by atoms with Crippen LogP contribution in [0.15, 0.2) is 0 Å². The first-order chi connectivity index (χ1) is 6.79. The third-order valence-corrected chi connectivity index (χ3v) is 3.69. The molecule has 0 atom stereocenters. The number of hydrogen-bond acceptors (Lipinski definition) is 5. The molecule has 1 aromatic heterocycles. The van der Waals surface area contributed by atoms with Crippen LogP contribution in [0.1, 0.15) is 24.8 Å². The molecular weight excluding hydrogens is 196 g/mol. The molecule has 5 heteroatoms. The van der Waals surface area contributed by atoms with Gasteiger partial charge in [0.2, 0.25) is 5.13 Å². The van der Waals surface area contributed by atoms with Crippen molar-refractivity contribution in [2.75, 3.05) is 18.0 Å². The summed E-state index contributed by atoms with van der Waals surface area (Å²) in [6, 6.07) is 0. The molecule has 0 aromatic carbocycles. The third-order valence-electron chi connectivity index (χ3n) is 2.68. The Morgan fingerprint density at radius 3 is 2.71 bits per heavy atom. The van der Waals surface area contributed by atoms with Crippen LogP contribution in [0.5, 0.6) is 0 Å². The van der Waals surface area contributed by atoms with Gasteiger partial charge in [-0.05, 0) is 18.8 Å². The molecule has 1 aromatic rings. The van der Waals surface area contributed by atoms with Gasteiger partial charge in [0.1, 0.15) is 5.01 Å². The zero-order valence-corrected chi connectivity index (χ0v) is 9.26. The summed E-state index contributed by atoms with van der Waals surface area (Å²) in [5, 5.41) is 10.1. The van der Waals surface area contributed by atoms with Crippen molar-refractivity contribution in [2.24, 2.45) is 11.7 Å². The van der Waals surface area contributed by atoms with Crippen LogP contribution in [-0.4, -0.2) is 23.3 Å². The maximum absolute atomic E-state index is 5.50. The van der Waals surface area contributed by atoms with Crippen LogP contribution in [0.3, 0.4) is 0 Å². The number of aromatic nitrogens is 2. The Hall–Kier alpha value is -0.680. The van der Waals surface area contributed by atoms with E-state index in [1.54, 1.807) is 11.3 Å². The second kappa shape index (κ2) is 4.23. The summed E-state index contributed by atoms with van der Waals surface area (Å²) in [6.45, 7) is 5.03. The molecule has 1 aliphatic heterocycles. The SMILES string of the molecule is CC1CCN(c2nnc(CN)s2)CC1. The molecule has 4 nitrogen and oxygen atoms in total. The summed E-state index contributed by atoms with van der Waals surface area (Å²) >= 11 is 1.62. The molecule has 0 saturated carbocycles. The fourth-order valence-corrected chi connectivity index (χ4v) is 2.42. The van der Waals surface area contributed by atoms with E-state index in [0.717, 1.165) is 29.1 Å². The number of rotatable bonds is 2. The smallest absolute Gasteiger partial charge is 0.208 e. The lowest BCUT2D eigenvalue weighted by Gasteiger charge is -2.29. The Balaban J connectivity index is 2.01. The minimum absolute atomic E-state index is 0.502. The Morgan fingerprint density at radius 2 is 2.14 bits per heavy atom. The van der Waals surface area contributed by atoms with E-state index in [-0.39, 0.29) is 0 Å². The molecule has 2 heterocycles. The Bertz CT molecular complexity index is 291. The van der Waals surface area contributed by atoms with E-state index in [1.807, 2.05) is 0 Å². The molecular formula is C9H16N4S. The largest absolute Gasteiger partial charge is 0.347 e. The van der Waals surface area contributed by atoms with Gasteiger partial charge < -0.3 is 10.6 Å². The second-order valence-corrected chi connectivity index (χ2v) is 4.89. The van der Waals surface area contributed by atoms with Gasteiger partial charge >= 0.3 is 0 Å². The minimum Gasteiger partial charge on any atom is -0.347 e. The van der Waals surface area contributed by atoms with E-state index in [2.05, 4.69) is 22.0 Å². The zero-order valence-electron chi connectivity index (χ0n) is 8.44. The normalized spacial score (nSPS) is 18.9. The van der Waals surface area contributed by atoms with E-state index >= 15 is 0 Å². The van der Waals surface area contributed by atoms with Crippen molar-refractivity contribution in [1.82, 2.24) is 10.2 Å². The molecule has 2 rings (SSSR count). The van der Waals surface area contributed by atoms with E-state index in [0.29, 0.717) is 6.54 Å². The molecule has 0 aliphatic carbocycles. The fraction of sp³-hybridized carbons (Fsp3) is 0.778. The Kier molecular flexibility index (Phi) is 2.98. The maximum Gasteiger partial charge on any atom is 0.208 e. The summed E-state index contributed by atoms with van der Waals surface area (Å²) < 4.78 is 0. The number of piperidine rings is 1. The lowest BCUT2D eigenvalue weighted by atomic mass is 10.00. The quantitative estimate of drug-likeness (QED) is 0.801. The van der Waals surface area contributed by atoms with Crippen molar-refractivity contribution >= 4 is 16.5 Å². The van der Waals surface area contributed by atoms with Gasteiger partial charge in [0, 0.05) is 19.6 Å². The highest BCUT2D eigenvalue weighted by atomic mass is 32.1. The molecule has 0 unspecified atom stereocenters. The summed E-state index contributed by atoms with van der Waals surface area (Å²) in [4.78, 5) is 2.32. The van der Waals surface area contributed by atoms with Gasteiger partial charge in [0.25, 0.3) is 0 Å². The number of hydrogen-bond donors (Lipinski definition) is 1. The van der Waals surface area contributed by atoms with Crippen LogP contribution >= 0.6 is 11.3 Å². The van der Waals surface area contributed by atoms with Crippen molar-refractivity contribution in [1.29, 1.82) is 0 Å². The fourth-order valence-electron chi connectivity index (χ4n) is 1.65. The van der Waals surface area contributed by atoms with Crippen molar-refractivity contribution in [3.8, 4) is 0 Å². The van der Waals surface area contributed by atoms with Crippen molar-refractivity contribution in [3.63, 3.8) is 0 Å². The first-order valence-corrected chi connectivity index (χ1v) is 5.88. The van der Waals surface area contributed by atoms with E-state index in [1.165, 1.54) is 12.8 Å². The standard InChI is InChI=1S/C9H16N4S/c1-7-2-4-13(5-3-7)9-12-11-8(6-10)14-9/h7H,2-6,10H2,1H3. The second-order valence-electron chi connectivity index (χ2n) is 3.85. The molecule has 0 bridgehead atoms. The highest BCUT2D eigenvalue weighted by molar-refractivity contribution is 7.15. The molecule has 14 heavy (non-hydrogen) atoms. The maximum atomic E-state index is 5.50. The van der Waals surface area contributed by atoms with Gasteiger partial charge in [-0.25, -0.2) is 0 Å². The van der Waals surface area contributed by atoms with Crippen molar-refractivity contribution < 1.29 is 0 Å². The molecule has 78 valence electrons. The molecule has 1 saturated heterocycles. The summed E-state index contributed by atoms with van der Waals surface area (Å²) in [5.41, 5.74) is 5.50. The summed E-state index contributed by atoms with van der Waals surface area (Å²) in [5.74, 6) is 0.855. The highest BCUT2D eigenvalue weighted by Gasteiger charge is 2.18. The minimum atomic E-state index is 0.502. The molecule has 1 aliphatic rings. The van der Waals surface area contributed by atoms with Gasteiger partial charge in [-0.15, -0.1) is 10.2 Å². The monoisotopic (exact) mass is 212 g/mol. The molecule has 0 spiro atoms. The molecule has 2 N–H and O–H groups in total. The van der Waals surface area contributed by atoms with Crippen molar-refractivity contribution in [2.45, 2.75) is 26.3 Å². The Morgan fingerprint density at radius 1 is 1.43 bits per heavy atom. The van der Waals surface area contributed by atoms with E-state index in [4.69, 9.17) is 5.73 Å². The average Bonchev–Trinajstić information content (AvgIpc) is 2.67. The van der Waals surface area contributed by atoms with Crippen LogP contribution in [0.4, 0.5) is 5.13 Å². The van der Waals surface area contributed by atoms with Crippen LogP contribution in [0.25, 0.3) is 0 Å². The summed E-state index contributed by atoms with van der Waals surface area (Å²) in [6.07, 6.45) is 2.52. The lowest BCUT2D eigenvalue weighted by Crippen LogP contribution is -2.32.